The third kappa shape index (κ3) is 4.90. The molecule has 0 saturated carbocycles. The van der Waals surface area contributed by atoms with Crippen LogP contribution in [0, 0.1) is 5.92 Å². The van der Waals surface area contributed by atoms with Crippen molar-refractivity contribution in [1.29, 1.82) is 0 Å². The van der Waals surface area contributed by atoms with Gasteiger partial charge >= 0.3 is 0 Å². The molecule has 4 heteroatoms. The van der Waals surface area contributed by atoms with Crippen LogP contribution in [-0.4, -0.2) is 42.8 Å². The standard InChI is InChI=1S/C17H28N2O2/c1-3-18-12-14-7-9-19(10-8-14)13-15-5-6-16(20)17(11-15)21-4-2/h5-6,11,14,18,20H,3-4,7-10,12-13H2,1-2H3. The van der Waals surface area contributed by atoms with Crippen LogP contribution in [0.15, 0.2) is 18.2 Å². The number of aromatic hydroxyl groups is 1. The highest BCUT2D eigenvalue weighted by molar-refractivity contribution is 5.41. The zero-order valence-corrected chi connectivity index (χ0v) is 13.3. The summed E-state index contributed by atoms with van der Waals surface area (Å²) in [5.74, 6) is 1.64. The van der Waals surface area contributed by atoms with Gasteiger partial charge in [0.25, 0.3) is 0 Å². The van der Waals surface area contributed by atoms with Crippen molar-refractivity contribution in [2.75, 3.05) is 32.8 Å². The van der Waals surface area contributed by atoms with Gasteiger partial charge in [0.1, 0.15) is 0 Å². The predicted molar refractivity (Wildman–Crippen MR) is 85.8 cm³/mol. The Morgan fingerprint density at radius 3 is 2.71 bits per heavy atom. The lowest BCUT2D eigenvalue weighted by molar-refractivity contribution is 0.175. The summed E-state index contributed by atoms with van der Waals surface area (Å²) in [6.07, 6.45) is 2.53. The van der Waals surface area contributed by atoms with Crippen LogP contribution in [0.1, 0.15) is 32.3 Å². The Labute approximate surface area is 128 Å². The van der Waals surface area contributed by atoms with E-state index in [0.29, 0.717) is 12.4 Å². The minimum atomic E-state index is 0.227. The summed E-state index contributed by atoms with van der Waals surface area (Å²) in [6.45, 7) is 10.1. The number of piperidine rings is 1. The van der Waals surface area contributed by atoms with Crippen molar-refractivity contribution in [2.24, 2.45) is 5.92 Å². The molecule has 0 bridgehead atoms. The van der Waals surface area contributed by atoms with E-state index in [4.69, 9.17) is 4.74 Å². The summed E-state index contributed by atoms with van der Waals surface area (Å²) in [6, 6.07) is 5.68. The summed E-state index contributed by atoms with van der Waals surface area (Å²) < 4.78 is 5.45. The van der Waals surface area contributed by atoms with Gasteiger partial charge in [-0.05, 0) is 69.6 Å². The summed E-state index contributed by atoms with van der Waals surface area (Å²) in [4.78, 5) is 2.49. The first-order valence-corrected chi connectivity index (χ1v) is 8.10. The lowest BCUT2D eigenvalue weighted by Gasteiger charge is -2.32. The zero-order chi connectivity index (χ0) is 15.1. The van der Waals surface area contributed by atoms with Crippen LogP contribution in [0.2, 0.25) is 0 Å². The summed E-state index contributed by atoms with van der Waals surface area (Å²) in [5, 5.41) is 13.2. The number of phenolic OH excluding ortho intramolecular Hbond substituents is 1. The molecule has 1 aliphatic rings. The first-order valence-electron chi connectivity index (χ1n) is 8.10. The van der Waals surface area contributed by atoms with Crippen LogP contribution < -0.4 is 10.1 Å². The van der Waals surface area contributed by atoms with Crippen molar-refractivity contribution < 1.29 is 9.84 Å². The summed E-state index contributed by atoms with van der Waals surface area (Å²) in [5.41, 5.74) is 1.21. The molecule has 1 aromatic carbocycles. The molecule has 0 radical (unpaired) electrons. The number of ether oxygens (including phenoxy) is 1. The Morgan fingerprint density at radius 2 is 2.05 bits per heavy atom. The lowest BCUT2D eigenvalue weighted by Crippen LogP contribution is -2.36. The molecule has 1 aromatic rings. The molecule has 1 aliphatic heterocycles. The van der Waals surface area contributed by atoms with Crippen molar-refractivity contribution in [3.8, 4) is 11.5 Å². The van der Waals surface area contributed by atoms with Gasteiger partial charge in [-0.3, -0.25) is 4.90 Å². The molecule has 0 aliphatic carbocycles. The second kappa shape index (κ2) is 8.25. The Morgan fingerprint density at radius 1 is 1.29 bits per heavy atom. The van der Waals surface area contributed by atoms with E-state index >= 15 is 0 Å². The molecule has 0 spiro atoms. The molecule has 2 rings (SSSR count). The van der Waals surface area contributed by atoms with Gasteiger partial charge < -0.3 is 15.2 Å². The normalized spacial score (nSPS) is 17.0. The Kier molecular flexibility index (Phi) is 6.33. The highest BCUT2D eigenvalue weighted by Crippen LogP contribution is 2.28. The molecule has 1 saturated heterocycles. The maximum Gasteiger partial charge on any atom is 0.161 e. The fraction of sp³-hybridized carbons (Fsp3) is 0.647. The predicted octanol–water partition coefficient (Wildman–Crippen LogP) is 2.61. The van der Waals surface area contributed by atoms with E-state index in [1.165, 1.54) is 18.4 Å². The molecule has 118 valence electrons. The van der Waals surface area contributed by atoms with Crippen molar-refractivity contribution in [1.82, 2.24) is 10.2 Å². The lowest BCUT2D eigenvalue weighted by atomic mass is 9.96. The molecular weight excluding hydrogens is 264 g/mol. The maximum atomic E-state index is 9.74. The van der Waals surface area contributed by atoms with Gasteiger partial charge in [-0.2, -0.15) is 0 Å². The second-order valence-electron chi connectivity index (χ2n) is 5.76. The highest BCUT2D eigenvalue weighted by Gasteiger charge is 2.19. The fourth-order valence-corrected chi connectivity index (χ4v) is 2.88. The molecular formula is C17H28N2O2. The molecule has 21 heavy (non-hydrogen) atoms. The van der Waals surface area contributed by atoms with Crippen LogP contribution in [0.25, 0.3) is 0 Å². The fourth-order valence-electron chi connectivity index (χ4n) is 2.88. The minimum Gasteiger partial charge on any atom is -0.504 e. The van der Waals surface area contributed by atoms with Gasteiger partial charge in [0, 0.05) is 6.54 Å². The molecule has 4 nitrogen and oxygen atoms in total. The molecule has 0 unspecified atom stereocenters. The van der Waals surface area contributed by atoms with Gasteiger partial charge in [-0.1, -0.05) is 13.0 Å². The molecule has 2 N–H and O–H groups in total. The number of hydrogen-bond acceptors (Lipinski definition) is 4. The number of hydrogen-bond donors (Lipinski definition) is 2. The Bertz CT molecular complexity index is 429. The van der Waals surface area contributed by atoms with Gasteiger partial charge in [0.05, 0.1) is 6.61 Å². The smallest absolute Gasteiger partial charge is 0.161 e. The second-order valence-corrected chi connectivity index (χ2v) is 5.76. The Balaban J connectivity index is 1.84. The van der Waals surface area contributed by atoms with E-state index in [1.807, 2.05) is 19.1 Å². The van der Waals surface area contributed by atoms with Crippen molar-refractivity contribution in [2.45, 2.75) is 33.2 Å². The highest BCUT2D eigenvalue weighted by atomic mass is 16.5. The average Bonchev–Trinajstić information content (AvgIpc) is 2.50. The first kappa shape index (κ1) is 16.1. The third-order valence-electron chi connectivity index (χ3n) is 4.12. The zero-order valence-electron chi connectivity index (χ0n) is 13.3. The minimum absolute atomic E-state index is 0.227. The van der Waals surface area contributed by atoms with E-state index in [9.17, 15) is 5.11 Å². The van der Waals surface area contributed by atoms with Gasteiger partial charge in [-0.25, -0.2) is 0 Å². The topological polar surface area (TPSA) is 44.7 Å². The van der Waals surface area contributed by atoms with E-state index in [-0.39, 0.29) is 5.75 Å². The molecule has 0 aromatic heterocycles. The maximum absolute atomic E-state index is 9.74. The number of benzene rings is 1. The van der Waals surface area contributed by atoms with Crippen LogP contribution in [-0.2, 0) is 6.54 Å². The number of nitrogens with one attached hydrogen (secondary N) is 1. The van der Waals surface area contributed by atoms with Crippen LogP contribution in [0.5, 0.6) is 11.5 Å². The van der Waals surface area contributed by atoms with E-state index in [0.717, 1.165) is 38.6 Å². The largest absolute Gasteiger partial charge is 0.504 e. The van der Waals surface area contributed by atoms with Gasteiger partial charge in [0.15, 0.2) is 11.5 Å². The van der Waals surface area contributed by atoms with Crippen LogP contribution in [0.4, 0.5) is 0 Å². The van der Waals surface area contributed by atoms with E-state index in [2.05, 4.69) is 17.1 Å². The van der Waals surface area contributed by atoms with E-state index in [1.54, 1.807) is 6.07 Å². The monoisotopic (exact) mass is 292 g/mol. The molecule has 0 amide bonds. The molecule has 0 atom stereocenters. The molecule has 1 heterocycles. The number of phenols is 1. The van der Waals surface area contributed by atoms with Crippen LogP contribution >= 0.6 is 0 Å². The Hall–Kier alpha value is -1.26. The van der Waals surface area contributed by atoms with Crippen molar-refractivity contribution in [3.05, 3.63) is 23.8 Å². The first-order chi connectivity index (χ1) is 10.2. The average molecular weight is 292 g/mol. The number of rotatable bonds is 7. The quantitative estimate of drug-likeness (QED) is 0.811. The van der Waals surface area contributed by atoms with Gasteiger partial charge in [0.2, 0.25) is 0 Å². The van der Waals surface area contributed by atoms with Crippen molar-refractivity contribution >= 4 is 0 Å². The number of nitrogens with zero attached hydrogens (tertiary/aromatic N) is 1. The molecule has 1 fully saturated rings. The van der Waals surface area contributed by atoms with Gasteiger partial charge in [-0.15, -0.1) is 0 Å². The third-order valence-corrected chi connectivity index (χ3v) is 4.12. The van der Waals surface area contributed by atoms with E-state index < -0.39 is 0 Å². The summed E-state index contributed by atoms with van der Waals surface area (Å²) >= 11 is 0. The number of likely N-dealkylation sites (tertiary alicyclic amines) is 1. The SMILES string of the molecule is CCNCC1CCN(Cc2ccc(O)c(OCC)c2)CC1. The van der Waals surface area contributed by atoms with Crippen LogP contribution in [0.3, 0.4) is 0 Å². The summed E-state index contributed by atoms with van der Waals surface area (Å²) in [7, 11) is 0. The van der Waals surface area contributed by atoms with Crippen molar-refractivity contribution in [3.63, 3.8) is 0 Å².